The zero-order valence-electron chi connectivity index (χ0n) is 30.6. The number of carbonyl (C=O) groups is 2. The van der Waals surface area contributed by atoms with Crippen molar-refractivity contribution in [1.82, 2.24) is 14.4 Å². The van der Waals surface area contributed by atoms with Crippen molar-refractivity contribution in [3.8, 4) is 5.75 Å². The van der Waals surface area contributed by atoms with Crippen molar-refractivity contribution in [2.75, 3.05) is 44.0 Å². The average molecular weight is 736 g/mol. The van der Waals surface area contributed by atoms with Crippen LogP contribution in [0.3, 0.4) is 0 Å². The second kappa shape index (κ2) is 16.9. The molecule has 0 saturated carbocycles. The molecule has 280 valence electrons. The number of ether oxygens (including phenoxy) is 2. The van der Waals surface area contributed by atoms with Crippen molar-refractivity contribution in [2.45, 2.75) is 77.0 Å². The van der Waals surface area contributed by atoms with Crippen molar-refractivity contribution in [2.24, 2.45) is 5.92 Å². The molecule has 0 bridgehead atoms. The monoisotopic (exact) mass is 735 g/mol. The molecule has 3 amide bonds. The predicted molar refractivity (Wildman–Crippen MR) is 199 cm³/mol. The van der Waals surface area contributed by atoms with E-state index < -0.39 is 34.1 Å². The molecular weight excluding hydrogens is 687 g/mol. The van der Waals surface area contributed by atoms with Crippen molar-refractivity contribution in [1.29, 1.82) is 0 Å². The normalized spacial score (nSPS) is 19.8. The van der Waals surface area contributed by atoms with Crippen LogP contribution in [-0.2, 0) is 14.8 Å². The van der Waals surface area contributed by atoms with Gasteiger partial charge in [-0.05, 0) is 76.6 Å². The van der Waals surface area contributed by atoms with Crippen LogP contribution in [0.4, 0.5) is 16.2 Å². The molecule has 4 aromatic rings. The van der Waals surface area contributed by atoms with Crippen molar-refractivity contribution < 1.29 is 37.1 Å². The molecule has 5 rings (SSSR count). The molecule has 1 aromatic heterocycles. The molecule has 13 nitrogen and oxygen atoms in total. The quantitative estimate of drug-likeness (QED) is 0.191. The number of urea groups is 1. The Labute approximate surface area is 305 Å². The number of nitrogens with one attached hydrogen (secondary N) is 2. The molecule has 3 aromatic carbocycles. The maximum absolute atomic E-state index is 14.5. The lowest BCUT2D eigenvalue weighted by molar-refractivity contribution is -0.00835. The molecule has 0 saturated heterocycles. The number of fused-ring (bicyclic) bond motifs is 2. The van der Waals surface area contributed by atoms with Gasteiger partial charge >= 0.3 is 6.03 Å². The lowest BCUT2D eigenvalue weighted by Gasteiger charge is -2.35. The fraction of sp³-hybridized carbons (Fsp3) is 0.447. The van der Waals surface area contributed by atoms with E-state index in [4.69, 9.17) is 14.0 Å². The Hall–Kier alpha value is -4.50. The van der Waals surface area contributed by atoms with Crippen molar-refractivity contribution >= 4 is 44.1 Å². The van der Waals surface area contributed by atoms with Crippen LogP contribution in [0.2, 0.25) is 0 Å². The molecule has 0 fully saturated rings. The largest absolute Gasteiger partial charge is 0.490 e. The Balaban J connectivity index is 1.42. The summed E-state index contributed by atoms with van der Waals surface area (Å²) in [7, 11) is -2.47. The van der Waals surface area contributed by atoms with Gasteiger partial charge in [0.05, 0.1) is 36.1 Å². The van der Waals surface area contributed by atoms with Crippen molar-refractivity contribution in [3.63, 3.8) is 0 Å². The van der Waals surface area contributed by atoms with E-state index in [-0.39, 0.29) is 53.6 Å². The number of anilines is 2. The summed E-state index contributed by atoms with van der Waals surface area (Å²) in [5, 5.41) is 21.7. The van der Waals surface area contributed by atoms with Crippen LogP contribution >= 0.6 is 0 Å². The summed E-state index contributed by atoms with van der Waals surface area (Å²) in [5.41, 5.74) is 1.50. The molecule has 2 heterocycles. The molecule has 3 N–H and O–H groups in total. The van der Waals surface area contributed by atoms with E-state index >= 15 is 0 Å². The first-order chi connectivity index (χ1) is 24.8. The minimum atomic E-state index is -3.96. The van der Waals surface area contributed by atoms with Gasteiger partial charge in [0.25, 0.3) is 5.91 Å². The Morgan fingerprint density at radius 3 is 2.56 bits per heavy atom. The second-order valence-electron chi connectivity index (χ2n) is 13.6. The number of carbonyl (C=O) groups excluding carboxylic acids is 2. The Morgan fingerprint density at radius 2 is 1.83 bits per heavy atom. The number of hydrogen-bond donors (Lipinski definition) is 3. The first-order valence-electron chi connectivity index (χ1n) is 17.6. The molecule has 1 aliphatic rings. The molecule has 14 heteroatoms. The SMILES string of the molecule is Cc1noc(C)c1S(=O)(=O)N(C)C[C@H]1OCCCC[C@H](C)Oc2ccc(NC(=O)Nc3cccc4ccccc34)cc2C(=O)N([C@H](C)CO)C[C@H]1C. The molecule has 1 aliphatic heterocycles. The summed E-state index contributed by atoms with van der Waals surface area (Å²) in [6.45, 7) is 8.92. The van der Waals surface area contributed by atoms with Gasteiger partial charge in [-0.2, -0.15) is 4.31 Å². The molecular formula is C38H49N5O8S. The number of nitrogens with zero attached hydrogens (tertiary/aromatic N) is 3. The molecule has 0 spiro atoms. The summed E-state index contributed by atoms with van der Waals surface area (Å²) in [4.78, 5) is 29.3. The third-order valence-electron chi connectivity index (χ3n) is 9.42. The van der Waals surface area contributed by atoms with Gasteiger partial charge in [-0.1, -0.05) is 48.5 Å². The van der Waals surface area contributed by atoms with Crippen LogP contribution < -0.4 is 15.4 Å². The van der Waals surface area contributed by atoms with Crippen LogP contribution in [0.15, 0.2) is 70.1 Å². The molecule has 0 radical (unpaired) electrons. The highest BCUT2D eigenvalue weighted by Gasteiger charge is 2.34. The molecule has 52 heavy (non-hydrogen) atoms. The van der Waals surface area contributed by atoms with Gasteiger partial charge in [0, 0.05) is 43.7 Å². The van der Waals surface area contributed by atoms with E-state index in [1.165, 1.54) is 11.4 Å². The standard InChI is InChI=1S/C38H49N5O8S/c1-24-21-43(25(2)23-44)37(45)32-20-30(39-38(46)40-33-16-11-14-29-13-7-8-15-31(29)33)17-18-34(32)50-26(3)12-9-10-19-49-35(24)22-42(6)52(47,48)36-27(4)41-51-28(36)5/h7-8,11,13-18,20,24-26,35,44H,9-10,12,19,21-23H2,1-6H3,(H2,39,40,46)/t24-,25-,26+,35-/m1/s1. The third kappa shape index (κ3) is 8.92. The second-order valence-corrected chi connectivity index (χ2v) is 15.5. The lowest BCUT2D eigenvalue weighted by Crippen LogP contribution is -2.48. The summed E-state index contributed by atoms with van der Waals surface area (Å²) < 4.78 is 46.2. The van der Waals surface area contributed by atoms with Crippen LogP contribution in [0.1, 0.15) is 61.8 Å². The Morgan fingerprint density at radius 1 is 1.08 bits per heavy atom. The zero-order chi connectivity index (χ0) is 37.6. The summed E-state index contributed by atoms with van der Waals surface area (Å²) in [5.74, 6) is -0.219. The number of likely N-dealkylation sites (N-methyl/N-ethyl adjacent to an activating group) is 1. The number of aromatic nitrogens is 1. The Bertz CT molecular complexity index is 1960. The van der Waals surface area contributed by atoms with E-state index in [0.29, 0.717) is 36.6 Å². The van der Waals surface area contributed by atoms with Crippen LogP contribution in [0.5, 0.6) is 5.75 Å². The molecule has 0 unspecified atom stereocenters. The average Bonchev–Trinajstić information content (AvgIpc) is 3.47. The van der Waals surface area contributed by atoms with Crippen LogP contribution in [-0.4, -0.2) is 91.4 Å². The zero-order valence-corrected chi connectivity index (χ0v) is 31.4. The molecule has 4 atom stereocenters. The van der Waals surface area contributed by atoms with E-state index in [1.807, 2.05) is 56.3 Å². The van der Waals surface area contributed by atoms with E-state index in [2.05, 4.69) is 15.8 Å². The molecule has 0 aliphatic carbocycles. The van der Waals surface area contributed by atoms with Gasteiger partial charge in [0.1, 0.15) is 16.3 Å². The maximum Gasteiger partial charge on any atom is 0.323 e. The smallest absolute Gasteiger partial charge is 0.323 e. The first-order valence-corrected chi connectivity index (χ1v) is 19.0. The van der Waals surface area contributed by atoms with Gasteiger partial charge in [-0.3, -0.25) is 4.79 Å². The topological polar surface area (TPSA) is 164 Å². The summed E-state index contributed by atoms with van der Waals surface area (Å²) in [6.07, 6.45) is 1.34. The number of benzene rings is 3. The predicted octanol–water partition coefficient (Wildman–Crippen LogP) is 6.20. The highest BCUT2D eigenvalue weighted by Crippen LogP contribution is 2.30. The van der Waals surface area contributed by atoms with Gasteiger partial charge in [0.15, 0.2) is 5.76 Å². The van der Waals surface area contributed by atoms with E-state index in [0.717, 1.165) is 17.2 Å². The number of aliphatic hydroxyl groups excluding tert-OH is 1. The highest BCUT2D eigenvalue weighted by molar-refractivity contribution is 7.89. The van der Waals surface area contributed by atoms with Crippen LogP contribution in [0.25, 0.3) is 10.8 Å². The van der Waals surface area contributed by atoms with Gasteiger partial charge in [0.2, 0.25) is 10.0 Å². The summed E-state index contributed by atoms with van der Waals surface area (Å²) >= 11 is 0. The van der Waals surface area contributed by atoms with E-state index in [1.54, 1.807) is 43.9 Å². The number of hydrogen-bond acceptors (Lipinski definition) is 9. The minimum absolute atomic E-state index is 0.0130. The minimum Gasteiger partial charge on any atom is -0.490 e. The number of amides is 3. The van der Waals surface area contributed by atoms with Gasteiger partial charge in [-0.15, -0.1) is 0 Å². The lowest BCUT2D eigenvalue weighted by atomic mass is 10.0. The van der Waals surface area contributed by atoms with Gasteiger partial charge < -0.3 is 34.6 Å². The maximum atomic E-state index is 14.5. The highest BCUT2D eigenvalue weighted by atomic mass is 32.2. The van der Waals surface area contributed by atoms with Crippen LogP contribution in [0, 0.1) is 19.8 Å². The summed E-state index contributed by atoms with van der Waals surface area (Å²) in [6, 6.07) is 17.2. The van der Waals surface area contributed by atoms with Crippen molar-refractivity contribution in [3.05, 3.63) is 77.7 Å². The number of sulfonamides is 1. The number of rotatable bonds is 8. The fourth-order valence-corrected chi connectivity index (χ4v) is 7.90. The van der Waals surface area contributed by atoms with E-state index in [9.17, 15) is 23.1 Å². The fourth-order valence-electron chi connectivity index (χ4n) is 6.43. The third-order valence-corrected chi connectivity index (χ3v) is 11.5. The Kier molecular flexibility index (Phi) is 12.6. The number of aliphatic hydroxyl groups is 1. The first kappa shape index (κ1) is 38.7. The van der Waals surface area contributed by atoms with Gasteiger partial charge in [-0.25, -0.2) is 13.2 Å². The number of aryl methyl sites for hydroxylation is 2.